The first-order chi connectivity index (χ1) is 8.52. The molecule has 1 atom stereocenters. The van der Waals surface area contributed by atoms with Crippen LogP contribution in [0.25, 0.3) is 0 Å². The lowest BCUT2D eigenvalue weighted by Crippen LogP contribution is -2.47. The monoisotopic (exact) mass is 246 g/mol. The molecule has 0 aromatic heterocycles. The van der Waals surface area contributed by atoms with E-state index in [0.717, 1.165) is 17.5 Å². The fourth-order valence-corrected chi connectivity index (χ4v) is 2.44. The second-order valence-electron chi connectivity index (χ2n) is 4.94. The molecule has 0 saturated carbocycles. The van der Waals surface area contributed by atoms with E-state index in [1.54, 1.807) is 4.90 Å². The summed E-state index contributed by atoms with van der Waals surface area (Å²) in [7, 11) is 0. The Bertz CT molecular complexity index is 482. The number of fused-ring (bicyclic) bond motifs is 1. The Labute approximate surface area is 107 Å². The molecule has 1 aromatic rings. The van der Waals surface area contributed by atoms with Crippen LogP contribution in [-0.2, 0) is 16.0 Å². The van der Waals surface area contributed by atoms with E-state index in [0.29, 0.717) is 6.54 Å². The van der Waals surface area contributed by atoms with Gasteiger partial charge in [-0.1, -0.05) is 38.1 Å². The van der Waals surface area contributed by atoms with Crippen LogP contribution in [0.15, 0.2) is 24.3 Å². The maximum absolute atomic E-state index is 12.1. The quantitative estimate of drug-likeness (QED) is 0.853. The van der Waals surface area contributed by atoms with Gasteiger partial charge in [0, 0.05) is 12.5 Å². The maximum Gasteiger partial charge on any atom is 0.244 e. The number of primary amides is 1. The normalized spacial score (nSPS) is 18.6. The smallest absolute Gasteiger partial charge is 0.244 e. The molecule has 1 heterocycles. The van der Waals surface area contributed by atoms with Gasteiger partial charge in [-0.15, -0.1) is 0 Å². The van der Waals surface area contributed by atoms with E-state index < -0.39 is 11.9 Å². The fraction of sp³-hybridized carbons (Fsp3) is 0.429. The van der Waals surface area contributed by atoms with Crippen LogP contribution in [0.3, 0.4) is 0 Å². The van der Waals surface area contributed by atoms with Crippen molar-refractivity contribution in [3.8, 4) is 0 Å². The molecule has 0 fully saturated rings. The lowest BCUT2D eigenvalue weighted by molar-refractivity contribution is -0.142. The molecule has 2 amide bonds. The van der Waals surface area contributed by atoms with Gasteiger partial charge in [0.05, 0.1) is 0 Å². The number of carbonyl (C=O) groups excluding carboxylic acids is 2. The van der Waals surface area contributed by atoms with Crippen molar-refractivity contribution in [2.45, 2.75) is 26.3 Å². The minimum Gasteiger partial charge on any atom is -0.368 e. The summed E-state index contributed by atoms with van der Waals surface area (Å²) in [6.45, 7) is 4.23. The summed E-state index contributed by atoms with van der Waals surface area (Å²) in [4.78, 5) is 25.4. The Morgan fingerprint density at radius 2 is 2.00 bits per heavy atom. The predicted molar refractivity (Wildman–Crippen MR) is 68.6 cm³/mol. The lowest BCUT2D eigenvalue weighted by atomic mass is 9.91. The standard InChI is InChI=1S/C14H18N2O2/c1-9(2)14(18)16-8-7-10-5-3-4-6-11(10)12(16)13(15)17/h3-6,9,12H,7-8H2,1-2H3,(H2,15,17). The number of carbonyl (C=O) groups is 2. The first-order valence-corrected chi connectivity index (χ1v) is 6.20. The number of rotatable bonds is 2. The predicted octanol–water partition coefficient (Wildman–Crippen LogP) is 1.25. The number of hydrogen-bond acceptors (Lipinski definition) is 2. The minimum absolute atomic E-state index is 0.0201. The van der Waals surface area contributed by atoms with Crippen LogP contribution in [0.4, 0.5) is 0 Å². The molecule has 1 unspecified atom stereocenters. The van der Waals surface area contributed by atoms with Gasteiger partial charge in [-0.2, -0.15) is 0 Å². The minimum atomic E-state index is -0.621. The molecule has 4 heteroatoms. The molecule has 1 aliphatic heterocycles. The number of nitrogens with two attached hydrogens (primary N) is 1. The summed E-state index contributed by atoms with van der Waals surface area (Å²) < 4.78 is 0. The van der Waals surface area contributed by atoms with Gasteiger partial charge in [0.1, 0.15) is 6.04 Å². The summed E-state index contributed by atoms with van der Waals surface area (Å²) in [6.07, 6.45) is 0.776. The van der Waals surface area contributed by atoms with Crippen molar-refractivity contribution in [1.29, 1.82) is 0 Å². The zero-order chi connectivity index (χ0) is 13.3. The van der Waals surface area contributed by atoms with E-state index in [4.69, 9.17) is 5.73 Å². The van der Waals surface area contributed by atoms with E-state index >= 15 is 0 Å². The summed E-state index contributed by atoms with van der Waals surface area (Å²) in [5.41, 5.74) is 7.45. The number of benzene rings is 1. The summed E-state index contributed by atoms with van der Waals surface area (Å²) >= 11 is 0. The summed E-state index contributed by atoms with van der Waals surface area (Å²) in [5, 5.41) is 0. The zero-order valence-electron chi connectivity index (χ0n) is 10.7. The highest BCUT2D eigenvalue weighted by atomic mass is 16.2. The Morgan fingerprint density at radius 3 is 2.61 bits per heavy atom. The van der Waals surface area contributed by atoms with Crippen LogP contribution in [-0.4, -0.2) is 23.3 Å². The topological polar surface area (TPSA) is 63.4 Å². The molecule has 0 radical (unpaired) electrons. The molecule has 0 spiro atoms. The third-order valence-corrected chi connectivity index (χ3v) is 3.33. The van der Waals surface area contributed by atoms with Crippen molar-refractivity contribution in [3.05, 3.63) is 35.4 Å². The highest BCUT2D eigenvalue weighted by Crippen LogP contribution is 2.30. The summed E-state index contributed by atoms with van der Waals surface area (Å²) in [6, 6.07) is 7.06. The Hall–Kier alpha value is -1.84. The van der Waals surface area contributed by atoms with Crippen molar-refractivity contribution < 1.29 is 9.59 Å². The third-order valence-electron chi connectivity index (χ3n) is 3.33. The number of nitrogens with zero attached hydrogens (tertiary/aromatic N) is 1. The van der Waals surface area contributed by atoms with Crippen LogP contribution < -0.4 is 5.73 Å². The molecule has 1 aliphatic rings. The molecule has 4 nitrogen and oxygen atoms in total. The van der Waals surface area contributed by atoms with Crippen LogP contribution in [0.1, 0.15) is 31.0 Å². The molecule has 1 aromatic carbocycles. The van der Waals surface area contributed by atoms with Gasteiger partial charge < -0.3 is 10.6 Å². The number of hydrogen-bond donors (Lipinski definition) is 1. The average molecular weight is 246 g/mol. The van der Waals surface area contributed by atoms with Crippen LogP contribution in [0, 0.1) is 5.92 Å². The lowest BCUT2D eigenvalue weighted by Gasteiger charge is -2.36. The van der Waals surface area contributed by atoms with Crippen molar-refractivity contribution in [2.75, 3.05) is 6.54 Å². The second kappa shape index (κ2) is 4.80. The molecule has 96 valence electrons. The van der Waals surface area contributed by atoms with E-state index in [2.05, 4.69) is 0 Å². The van der Waals surface area contributed by atoms with Gasteiger partial charge in [0.15, 0.2) is 0 Å². The molecule has 2 N–H and O–H groups in total. The SMILES string of the molecule is CC(C)C(=O)N1CCc2ccccc2C1C(N)=O. The molecule has 0 saturated heterocycles. The fourth-order valence-electron chi connectivity index (χ4n) is 2.44. The molecular formula is C14H18N2O2. The highest BCUT2D eigenvalue weighted by Gasteiger charge is 2.34. The van der Waals surface area contributed by atoms with Crippen LogP contribution in [0.5, 0.6) is 0 Å². The maximum atomic E-state index is 12.1. The molecule has 0 aliphatic carbocycles. The van der Waals surface area contributed by atoms with Gasteiger partial charge in [-0.3, -0.25) is 9.59 Å². The van der Waals surface area contributed by atoms with Crippen molar-refractivity contribution in [1.82, 2.24) is 4.90 Å². The third kappa shape index (κ3) is 2.10. The van der Waals surface area contributed by atoms with Gasteiger partial charge >= 0.3 is 0 Å². The van der Waals surface area contributed by atoms with Gasteiger partial charge in [0.2, 0.25) is 11.8 Å². The van der Waals surface area contributed by atoms with E-state index in [1.165, 1.54) is 0 Å². The van der Waals surface area contributed by atoms with Crippen molar-refractivity contribution in [3.63, 3.8) is 0 Å². The summed E-state index contributed by atoms with van der Waals surface area (Å²) in [5.74, 6) is -0.610. The van der Waals surface area contributed by atoms with Gasteiger partial charge in [0.25, 0.3) is 0 Å². The zero-order valence-corrected chi connectivity index (χ0v) is 10.7. The first kappa shape index (κ1) is 12.6. The molecular weight excluding hydrogens is 228 g/mol. The van der Waals surface area contributed by atoms with Gasteiger partial charge in [-0.05, 0) is 17.5 Å². The average Bonchev–Trinajstić information content (AvgIpc) is 2.36. The van der Waals surface area contributed by atoms with Crippen LogP contribution >= 0.6 is 0 Å². The van der Waals surface area contributed by atoms with Crippen LogP contribution in [0.2, 0.25) is 0 Å². The molecule has 2 rings (SSSR count). The van der Waals surface area contributed by atoms with Gasteiger partial charge in [-0.25, -0.2) is 0 Å². The molecule has 18 heavy (non-hydrogen) atoms. The number of amides is 2. The Morgan fingerprint density at radius 1 is 1.33 bits per heavy atom. The Balaban J connectivity index is 2.42. The molecule has 0 bridgehead atoms. The highest BCUT2D eigenvalue weighted by molar-refractivity contribution is 5.89. The second-order valence-corrected chi connectivity index (χ2v) is 4.94. The Kier molecular flexibility index (Phi) is 3.36. The van der Waals surface area contributed by atoms with Crippen molar-refractivity contribution >= 4 is 11.8 Å². The first-order valence-electron chi connectivity index (χ1n) is 6.20. The van der Waals surface area contributed by atoms with E-state index in [9.17, 15) is 9.59 Å². The van der Waals surface area contributed by atoms with E-state index in [-0.39, 0.29) is 11.8 Å². The van der Waals surface area contributed by atoms with E-state index in [1.807, 2.05) is 38.1 Å². The largest absolute Gasteiger partial charge is 0.368 e. The van der Waals surface area contributed by atoms with Crippen molar-refractivity contribution in [2.24, 2.45) is 11.7 Å².